The molecule has 17 heavy (non-hydrogen) atoms. The predicted octanol–water partition coefficient (Wildman–Crippen LogP) is 3.79. The molecule has 0 atom stereocenters. The maximum Gasteiger partial charge on any atom is 0.139 e. The summed E-state index contributed by atoms with van der Waals surface area (Å²) in [5, 5.41) is 0.497. The van der Waals surface area contributed by atoms with E-state index in [1.165, 1.54) is 0 Å². The van der Waals surface area contributed by atoms with Gasteiger partial charge in [-0.3, -0.25) is 0 Å². The summed E-state index contributed by atoms with van der Waals surface area (Å²) in [6.45, 7) is 0.470. The van der Waals surface area contributed by atoms with Crippen LogP contribution in [-0.2, 0) is 6.61 Å². The Bertz CT molecular complexity index is 516. The van der Waals surface area contributed by atoms with Crippen molar-refractivity contribution in [3.8, 4) is 5.75 Å². The van der Waals surface area contributed by atoms with Gasteiger partial charge in [0, 0.05) is 10.6 Å². The van der Waals surface area contributed by atoms with Gasteiger partial charge in [-0.05, 0) is 17.7 Å². The third-order valence-electron chi connectivity index (χ3n) is 2.32. The third kappa shape index (κ3) is 3.08. The number of benzene rings is 2. The number of halogens is 1. The smallest absolute Gasteiger partial charge is 0.139 e. The van der Waals surface area contributed by atoms with Crippen LogP contribution in [-0.4, -0.2) is 0 Å². The van der Waals surface area contributed by atoms with Crippen LogP contribution in [0.2, 0.25) is 5.02 Å². The van der Waals surface area contributed by atoms with Gasteiger partial charge in [0.1, 0.15) is 12.4 Å². The van der Waals surface area contributed by atoms with Gasteiger partial charge in [0.15, 0.2) is 0 Å². The summed E-state index contributed by atoms with van der Waals surface area (Å²) in [6.07, 6.45) is 0. The Morgan fingerprint density at radius 3 is 2.59 bits per heavy atom. The molecule has 0 heterocycles. The molecule has 0 saturated carbocycles. The lowest BCUT2D eigenvalue weighted by Gasteiger charge is -2.10. The summed E-state index contributed by atoms with van der Waals surface area (Å²) in [5.74, 6) is 0.592. The average molecular weight is 266 g/mol. The zero-order chi connectivity index (χ0) is 12.3. The lowest BCUT2D eigenvalue weighted by Crippen LogP contribution is -1.97. The zero-order valence-corrected chi connectivity index (χ0v) is 10.7. The SMILES string of the molecule is Nc1cc(Cl)c(OCc2ccccc2)cc1S. The molecule has 0 aliphatic carbocycles. The van der Waals surface area contributed by atoms with Gasteiger partial charge in [-0.1, -0.05) is 41.9 Å². The standard InChI is InChI=1S/C13H12ClNOS/c14-10-6-11(15)13(17)7-12(10)16-8-9-4-2-1-3-5-9/h1-7,17H,8,15H2. The molecule has 2 N–H and O–H groups in total. The van der Waals surface area contributed by atoms with E-state index in [4.69, 9.17) is 22.1 Å². The minimum Gasteiger partial charge on any atom is -0.487 e. The maximum atomic E-state index is 6.03. The van der Waals surface area contributed by atoms with Gasteiger partial charge >= 0.3 is 0 Å². The van der Waals surface area contributed by atoms with Gasteiger partial charge in [0.2, 0.25) is 0 Å². The molecule has 2 nitrogen and oxygen atoms in total. The van der Waals surface area contributed by atoms with E-state index >= 15 is 0 Å². The first-order valence-electron chi connectivity index (χ1n) is 5.11. The van der Waals surface area contributed by atoms with Crippen LogP contribution in [0.1, 0.15) is 5.56 Å². The normalized spacial score (nSPS) is 10.2. The predicted molar refractivity (Wildman–Crippen MR) is 73.9 cm³/mol. The Hall–Kier alpha value is -1.32. The van der Waals surface area contributed by atoms with E-state index in [-0.39, 0.29) is 0 Å². The van der Waals surface area contributed by atoms with Crippen LogP contribution in [0, 0.1) is 0 Å². The summed E-state index contributed by atoms with van der Waals surface area (Å²) < 4.78 is 5.62. The summed E-state index contributed by atoms with van der Waals surface area (Å²) in [6, 6.07) is 13.2. The lowest BCUT2D eigenvalue weighted by molar-refractivity contribution is 0.306. The Morgan fingerprint density at radius 1 is 1.18 bits per heavy atom. The number of nitrogens with two attached hydrogens (primary N) is 1. The fourth-order valence-corrected chi connectivity index (χ4v) is 1.81. The summed E-state index contributed by atoms with van der Waals surface area (Å²) >= 11 is 10.3. The highest BCUT2D eigenvalue weighted by Gasteiger charge is 2.05. The molecule has 0 aromatic heterocycles. The molecule has 0 saturated heterocycles. The van der Waals surface area contributed by atoms with Crippen LogP contribution < -0.4 is 10.5 Å². The van der Waals surface area contributed by atoms with E-state index in [1.54, 1.807) is 12.1 Å². The fraction of sp³-hybridized carbons (Fsp3) is 0.0769. The van der Waals surface area contributed by atoms with Crippen LogP contribution in [0.5, 0.6) is 5.75 Å². The first kappa shape index (κ1) is 12.1. The molecule has 0 unspecified atom stereocenters. The van der Waals surface area contributed by atoms with Crippen LogP contribution >= 0.6 is 24.2 Å². The van der Waals surface area contributed by atoms with Gasteiger partial charge in [-0.25, -0.2) is 0 Å². The number of ether oxygens (including phenoxy) is 1. The van der Waals surface area contributed by atoms with Crippen LogP contribution in [0.3, 0.4) is 0 Å². The molecule has 2 aromatic rings. The summed E-state index contributed by atoms with van der Waals surface area (Å²) in [5.41, 5.74) is 7.31. The number of rotatable bonds is 3. The maximum absolute atomic E-state index is 6.03. The topological polar surface area (TPSA) is 35.2 Å². The van der Waals surface area contributed by atoms with Crippen molar-refractivity contribution in [2.45, 2.75) is 11.5 Å². The molecule has 4 heteroatoms. The summed E-state index contributed by atoms with van der Waals surface area (Å²) in [4.78, 5) is 0.664. The number of hydrogen-bond acceptors (Lipinski definition) is 3. The number of hydrogen-bond donors (Lipinski definition) is 2. The lowest BCUT2D eigenvalue weighted by atomic mass is 10.2. The molecular weight excluding hydrogens is 254 g/mol. The van der Waals surface area contributed by atoms with Crippen molar-refractivity contribution >= 4 is 29.9 Å². The highest BCUT2D eigenvalue weighted by Crippen LogP contribution is 2.32. The summed E-state index contributed by atoms with van der Waals surface area (Å²) in [7, 11) is 0. The Morgan fingerprint density at radius 2 is 1.88 bits per heavy atom. The molecule has 0 aliphatic rings. The van der Waals surface area contributed by atoms with Crippen LogP contribution in [0.15, 0.2) is 47.4 Å². The molecule has 0 bridgehead atoms. The largest absolute Gasteiger partial charge is 0.487 e. The van der Waals surface area contributed by atoms with Crippen molar-refractivity contribution in [3.63, 3.8) is 0 Å². The van der Waals surface area contributed by atoms with Crippen molar-refractivity contribution in [1.29, 1.82) is 0 Å². The first-order valence-corrected chi connectivity index (χ1v) is 5.94. The van der Waals surface area contributed by atoms with Gasteiger partial charge in [-0.2, -0.15) is 0 Å². The Balaban J connectivity index is 2.12. The first-order chi connectivity index (χ1) is 8.16. The van der Waals surface area contributed by atoms with Crippen molar-refractivity contribution in [2.24, 2.45) is 0 Å². The number of anilines is 1. The second kappa shape index (κ2) is 5.34. The van der Waals surface area contributed by atoms with Gasteiger partial charge in [-0.15, -0.1) is 12.6 Å². The minimum absolute atomic E-state index is 0.470. The van der Waals surface area contributed by atoms with Crippen molar-refractivity contribution in [3.05, 3.63) is 53.1 Å². The molecule has 0 aliphatic heterocycles. The second-order valence-corrected chi connectivity index (χ2v) is 4.50. The van der Waals surface area contributed by atoms with Gasteiger partial charge < -0.3 is 10.5 Å². The number of nitrogen functional groups attached to an aromatic ring is 1. The average Bonchev–Trinajstić information content (AvgIpc) is 2.33. The highest BCUT2D eigenvalue weighted by atomic mass is 35.5. The van der Waals surface area contributed by atoms with Gasteiger partial charge in [0.05, 0.1) is 5.02 Å². The van der Waals surface area contributed by atoms with Crippen molar-refractivity contribution < 1.29 is 4.74 Å². The monoisotopic (exact) mass is 265 g/mol. The molecule has 88 valence electrons. The van der Waals surface area contributed by atoms with Crippen molar-refractivity contribution in [1.82, 2.24) is 0 Å². The van der Waals surface area contributed by atoms with E-state index < -0.39 is 0 Å². The Kier molecular flexibility index (Phi) is 3.82. The van der Waals surface area contributed by atoms with E-state index in [0.29, 0.717) is 28.0 Å². The quantitative estimate of drug-likeness (QED) is 0.654. The van der Waals surface area contributed by atoms with E-state index in [0.717, 1.165) is 5.56 Å². The van der Waals surface area contributed by atoms with Crippen LogP contribution in [0.4, 0.5) is 5.69 Å². The number of thiol groups is 1. The van der Waals surface area contributed by atoms with Crippen LogP contribution in [0.25, 0.3) is 0 Å². The van der Waals surface area contributed by atoms with E-state index in [9.17, 15) is 0 Å². The molecule has 0 radical (unpaired) electrons. The molecular formula is C13H12ClNOS. The third-order valence-corrected chi connectivity index (χ3v) is 3.00. The van der Waals surface area contributed by atoms with Gasteiger partial charge in [0.25, 0.3) is 0 Å². The van der Waals surface area contributed by atoms with E-state index in [1.807, 2.05) is 30.3 Å². The minimum atomic E-state index is 0.470. The molecule has 0 amide bonds. The Labute approximate surface area is 111 Å². The zero-order valence-electron chi connectivity index (χ0n) is 9.06. The highest BCUT2D eigenvalue weighted by molar-refractivity contribution is 7.80. The molecule has 0 spiro atoms. The molecule has 2 aromatic carbocycles. The molecule has 2 rings (SSSR count). The molecule has 0 fully saturated rings. The van der Waals surface area contributed by atoms with Crippen molar-refractivity contribution in [2.75, 3.05) is 5.73 Å². The van der Waals surface area contributed by atoms with E-state index in [2.05, 4.69) is 12.6 Å². The fourth-order valence-electron chi connectivity index (χ4n) is 1.40. The second-order valence-electron chi connectivity index (χ2n) is 3.62.